The first-order valence-electron chi connectivity index (χ1n) is 7.45. The van der Waals surface area contributed by atoms with Crippen molar-refractivity contribution in [1.29, 1.82) is 0 Å². The van der Waals surface area contributed by atoms with Crippen molar-refractivity contribution in [3.05, 3.63) is 70.8 Å². The molecule has 2 aromatic carbocycles. The van der Waals surface area contributed by atoms with E-state index in [4.69, 9.17) is 4.74 Å². The minimum atomic E-state index is -1.42. The number of rotatable bonds is 6. The SMILES string of the molecule is CC(=O)c1ccc(C(=O)OCC(O)C(=O)c2ccc(C)cc2)cc1. The molecule has 0 aliphatic carbocycles. The van der Waals surface area contributed by atoms with Crippen molar-refractivity contribution in [1.82, 2.24) is 0 Å². The lowest BCUT2D eigenvalue weighted by Gasteiger charge is -2.11. The molecular formula is C19H18O5. The van der Waals surface area contributed by atoms with Gasteiger partial charge in [0.2, 0.25) is 0 Å². The summed E-state index contributed by atoms with van der Waals surface area (Å²) in [6.45, 7) is 2.89. The van der Waals surface area contributed by atoms with Crippen LogP contribution in [0.4, 0.5) is 0 Å². The molecular weight excluding hydrogens is 308 g/mol. The zero-order valence-electron chi connectivity index (χ0n) is 13.5. The summed E-state index contributed by atoms with van der Waals surface area (Å²) in [5, 5.41) is 9.88. The van der Waals surface area contributed by atoms with E-state index in [1.807, 2.05) is 6.92 Å². The molecule has 0 amide bonds. The third-order valence-electron chi connectivity index (χ3n) is 3.54. The quantitative estimate of drug-likeness (QED) is 0.652. The Morgan fingerprint density at radius 2 is 1.42 bits per heavy atom. The summed E-state index contributed by atoms with van der Waals surface area (Å²) >= 11 is 0. The molecule has 2 aromatic rings. The molecule has 24 heavy (non-hydrogen) atoms. The molecule has 5 heteroatoms. The second-order valence-corrected chi connectivity index (χ2v) is 5.48. The fourth-order valence-electron chi connectivity index (χ4n) is 2.06. The maximum absolute atomic E-state index is 12.0. The summed E-state index contributed by atoms with van der Waals surface area (Å²) in [5.74, 6) is -1.27. The molecule has 1 atom stereocenters. The maximum Gasteiger partial charge on any atom is 0.338 e. The van der Waals surface area contributed by atoms with Gasteiger partial charge in [0.25, 0.3) is 0 Å². The molecule has 0 radical (unpaired) electrons. The molecule has 1 unspecified atom stereocenters. The Bertz CT molecular complexity index is 744. The van der Waals surface area contributed by atoms with Crippen molar-refractivity contribution >= 4 is 17.5 Å². The molecule has 0 saturated heterocycles. The van der Waals surface area contributed by atoms with Crippen LogP contribution in [0.15, 0.2) is 48.5 Å². The number of aryl methyl sites for hydroxylation is 1. The highest BCUT2D eigenvalue weighted by atomic mass is 16.5. The van der Waals surface area contributed by atoms with Crippen LogP contribution in [-0.2, 0) is 4.74 Å². The lowest BCUT2D eigenvalue weighted by Crippen LogP contribution is -2.27. The van der Waals surface area contributed by atoms with Crippen molar-refractivity contribution in [2.24, 2.45) is 0 Å². The number of benzene rings is 2. The molecule has 0 aliphatic rings. The molecule has 124 valence electrons. The van der Waals surface area contributed by atoms with Gasteiger partial charge in [0.1, 0.15) is 6.61 Å². The predicted octanol–water partition coefficient (Wildman–Crippen LogP) is 2.60. The first-order valence-corrected chi connectivity index (χ1v) is 7.45. The first-order chi connectivity index (χ1) is 11.4. The second-order valence-electron chi connectivity index (χ2n) is 5.48. The predicted molar refractivity (Wildman–Crippen MR) is 88.2 cm³/mol. The minimum absolute atomic E-state index is 0.103. The van der Waals surface area contributed by atoms with Gasteiger partial charge in [-0.05, 0) is 26.0 Å². The molecule has 5 nitrogen and oxygen atoms in total. The van der Waals surface area contributed by atoms with E-state index in [1.165, 1.54) is 31.2 Å². The van der Waals surface area contributed by atoms with E-state index in [1.54, 1.807) is 24.3 Å². The smallest absolute Gasteiger partial charge is 0.338 e. The summed E-state index contributed by atoms with van der Waals surface area (Å²) < 4.78 is 4.96. The average molecular weight is 326 g/mol. The van der Waals surface area contributed by atoms with Gasteiger partial charge in [0.15, 0.2) is 17.7 Å². The van der Waals surface area contributed by atoms with E-state index < -0.39 is 24.5 Å². The zero-order chi connectivity index (χ0) is 17.7. The zero-order valence-corrected chi connectivity index (χ0v) is 13.5. The summed E-state index contributed by atoms with van der Waals surface area (Å²) in [7, 11) is 0. The third kappa shape index (κ3) is 4.36. The van der Waals surface area contributed by atoms with E-state index in [0.29, 0.717) is 11.1 Å². The Morgan fingerprint density at radius 3 is 1.96 bits per heavy atom. The molecule has 0 heterocycles. The van der Waals surface area contributed by atoms with Gasteiger partial charge in [-0.15, -0.1) is 0 Å². The van der Waals surface area contributed by atoms with Crippen molar-refractivity contribution in [2.45, 2.75) is 20.0 Å². The van der Waals surface area contributed by atoms with Crippen LogP contribution in [0.2, 0.25) is 0 Å². The van der Waals surface area contributed by atoms with E-state index in [-0.39, 0.29) is 11.3 Å². The average Bonchev–Trinajstić information content (AvgIpc) is 2.59. The molecule has 0 bridgehead atoms. The Labute approximate surface area is 139 Å². The first kappa shape index (κ1) is 17.6. The fraction of sp³-hybridized carbons (Fsp3) is 0.211. The molecule has 0 aliphatic heterocycles. The monoisotopic (exact) mass is 326 g/mol. The third-order valence-corrected chi connectivity index (χ3v) is 3.54. The Morgan fingerprint density at radius 1 is 0.917 bits per heavy atom. The topological polar surface area (TPSA) is 80.7 Å². The highest BCUT2D eigenvalue weighted by Crippen LogP contribution is 2.09. The van der Waals surface area contributed by atoms with Gasteiger partial charge in [-0.2, -0.15) is 0 Å². The van der Waals surface area contributed by atoms with Crippen LogP contribution in [0.25, 0.3) is 0 Å². The summed E-state index contributed by atoms with van der Waals surface area (Å²) in [6, 6.07) is 12.7. The molecule has 1 N–H and O–H groups in total. The van der Waals surface area contributed by atoms with Gasteiger partial charge in [-0.25, -0.2) is 4.79 Å². The van der Waals surface area contributed by atoms with Crippen molar-refractivity contribution in [3.63, 3.8) is 0 Å². The maximum atomic E-state index is 12.0. The summed E-state index contributed by atoms with van der Waals surface area (Å²) in [5.41, 5.74) is 2.09. The molecule has 0 saturated carbocycles. The minimum Gasteiger partial charge on any atom is -0.459 e. The number of hydrogen-bond donors (Lipinski definition) is 1. The Kier molecular flexibility index (Phi) is 5.60. The van der Waals surface area contributed by atoms with Crippen molar-refractivity contribution in [3.8, 4) is 0 Å². The lowest BCUT2D eigenvalue weighted by molar-refractivity contribution is 0.0259. The number of aliphatic hydroxyl groups excluding tert-OH is 1. The molecule has 0 spiro atoms. The largest absolute Gasteiger partial charge is 0.459 e. The number of Topliss-reactive ketones (excluding diaryl/α,β-unsaturated/α-hetero) is 2. The number of ketones is 2. The van der Waals surface area contributed by atoms with Crippen molar-refractivity contribution in [2.75, 3.05) is 6.61 Å². The van der Waals surface area contributed by atoms with Gasteiger partial charge in [0.05, 0.1) is 5.56 Å². The van der Waals surface area contributed by atoms with Gasteiger partial charge >= 0.3 is 5.97 Å². The van der Waals surface area contributed by atoms with Crippen LogP contribution in [0.5, 0.6) is 0 Å². The van der Waals surface area contributed by atoms with E-state index >= 15 is 0 Å². The Balaban J connectivity index is 1.94. The van der Waals surface area contributed by atoms with Crippen LogP contribution >= 0.6 is 0 Å². The van der Waals surface area contributed by atoms with Crippen LogP contribution < -0.4 is 0 Å². The van der Waals surface area contributed by atoms with E-state index in [9.17, 15) is 19.5 Å². The number of carbonyl (C=O) groups excluding carboxylic acids is 3. The number of aliphatic hydroxyl groups is 1. The molecule has 0 fully saturated rings. The Hall–Kier alpha value is -2.79. The molecule has 0 aromatic heterocycles. The number of ether oxygens (including phenoxy) is 1. The summed E-state index contributed by atoms with van der Waals surface area (Å²) in [4.78, 5) is 35.1. The lowest BCUT2D eigenvalue weighted by atomic mass is 10.1. The normalized spacial score (nSPS) is 11.6. The number of esters is 1. The van der Waals surface area contributed by atoms with Gasteiger partial charge < -0.3 is 9.84 Å². The fourth-order valence-corrected chi connectivity index (χ4v) is 2.06. The molecule has 2 rings (SSSR count). The summed E-state index contributed by atoms with van der Waals surface area (Å²) in [6.07, 6.45) is -1.42. The highest BCUT2D eigenvalue weighted by Gasteiger charge is 2.19. The van der Waals surface area contributed by atoms with Crippen LogP contribution in [-0.4, -0.2) is 35.4 Å². The number of hydrogen-bond acceptors (Lipinski definition) is 5. The van der Waals surface area contributed by atoms with Crippen LogP contribution in [0.1, 0.15) is 43.6 Å². The van der Waals surface area contributed by atoms with Gasteiger partial charge in [0, 0.05) is 11.1 Å². The van der Waals surface area contributed by atoms with E-state index in [2.05, 4.69) is 0 Å². The van der Waals surface area contributed by atoms with Crippen molar-refractivity contribution < 1.29 is 24.2 Å². The van der Waals surface area contributed by atoms with E-state index in [0.717, 1.165) is 5.56 Å². The van der Waals surface area contributed by atoms with Gasteiger partial charge in [-0.1, -0.05) is 42.0 Å². The standard InChI is InChI=1S/C19H18O5/c1-12-3-5-15(6-4-12)18(22)17(21)11-24-19(23)16-9-7-14(8-10-16)13(2)20/h3-10,17,21H,11H2,1-2H3. The van der Waals surface area contributed by atoms with Crippen LogP contribution in [0.3, 0.4) is 0 Å². The second kappa shape index (κ2) is 7.66. The van der Waals surface area contributed by atoms with Gasteiger partial charge in [-0.3, -0.25) is 9.59 Å². The van der Waals surface area contributed by atoms with Crippen LogP contribution in [0, 0.1) is 6.92 Å². The number of carbonyl (C=O) groups is 3. The highest BCUT2D eigenvalue weighted by molar-refractivity contribution is 6.00.